The lowest BCUT2D eigenvalue weighted by molar-refractivity contribution is -0.134. The number of β-amino-alcohol motifs (C(OH)–C–C–N with tert-alkyl or cyclic N) is 1. The van der Waals surface area contributed by atoms with Crippen LogP contribution in [0.3, 0.4) is 0 Å². The Morgan fingerprint density at radius 1 is 1.16 bits per heavy atom. The number of piperidine rings is 2. The molecule has 2 fully saturated rings. The van der Waals surface area contributed by atoms with Gasteiger partial charge in [0.2, 0.25) is 0 Å². The molecule has 8 nitrogen and oxygen atoms in total. The van der Waals surface area contributed by atoms with Crippen LogP contribution in [0.4, 0.5) is 0 Å². The molecular formula is C22H32ClN5O3. The number of nitrogens with zero attached hydrogens (tertiary/aromatic N) is 4. The van der Waals surface area contributed by atoms with Crippen molar-refractivity contribution in [3.05, 3.63) is 34.9 Å². The normalized spacial score (nSPS) is 24.8. The Morgan fingerprint density at radius 2 is 1.81 bits per heavy atom. The first-order valence-electron chi connectivity index (χ1n) is 10.8. The monoisotopic (exact) mass is 449 g/mol. The third-order valence-corrected chi connectivity index (χ3v) is 6.29. The average Bonchev–Trinajstić information content (AvgIpc) is 3.17. The summed E-state index contributed by atoms with van der Waals surface area (Å²) in [7, 11) is 0. The Bertz CT molecular complexity index is 802. The summed E-state index contributed by atoms with van der Waals surface area (Å²) >= 11 is 6.03. The fourth-order valence-corrected chi connectivity index (χ4v) is 4.70. The van der Waals surface area contributed by atoms with Gasteiger partial charge in [-0.1, -0.05) is 23.7 Å². The van der Waals surface area contributed by atoms with E-state index in [0.29, 0.717) is 24.3 Å². The largest absolute Gasteiger partial charge is 0.481 e. The number of halogens is 1. The van der Waals surface area contributed by atoms with E-state index in [1.807, 2.05) is 12.1 Å². The summed E-state index contributed by atoms with van der Waals surface area (Å²) in [4.78, 5) is 13.9. The number of carbonyl (C=O) groups is 1. The van der Waals surface area contributed by atoms with Gasteiger partial charge in [-0.05, 0) is 49.8 Å². The Hall–Kier alpha value is -2.16. The highest BCUT2D eigenvalue weighted by Gasteiger charge is 2.35. The van der Waals surface area contributed by atoms with Crippen molar-refractivity contribution in [1.82, 2.24) is 9.80 Å². The van der Waals surface area contributed by atoms with Crippen molar-refractivity contribution < 1.29 is 15.0 Å². The number of carboxylic acids is 1. The third kappa shape index (κ3) is 6.92. The summed E-state index contributed by atoms with van der Waals surface area (Å²) in [6.07, 6.45) is 5.58. The molecule has 0 aliphatic carbocycles. The maximum Gasteiger partial charge on any atom is 0.300 e. The molecule has 0 bridgehead atoms. The molecule has 3 heterocycles. The van der Waals surface area contributed by atoms with Crippen LogP contribution in [0.1, 0.15) is 44.6 Å². The summed E-state index contributed by atoms with van der Waals surface area (Å²) in [6, 6.07) is 9.16. The molecule has 4 N–H and O–H groups in total. The molecule has 0 unspecified atom stereocenters. The van der Waals surface area contributed by atoms with E-state index in [4.69, 9.17) is 27.2 Å². The van der Waals surface area contributed by atoms with Crippen LogP contribution in [0.15, 0.2) is 34.5 Å². The molecule has 1 aromatic rings. The van der Waals surface area contributed by atoms with Gasteiger partial charge in [-0.2, -0.15) is 0 Å². The molecule has 0 aromatic heterocycles. The first-order valence-corrected chi connectivity index (χ1v) is 11.2. The minimum atomic E-state index is -0.833. The average molecular weight is 450 g/mol. The van der Waals surface area contributed by atoms with Crippen molar-refractivity contribution in [2.75, 3.05) is 19.6 Å². The van der Waals surface area contributed by atoms with Crippen molar-refractivity contribution in [2.45, 2.75) is 63.6 Å². The predicted molar refractivity (Wildman–Crippen MR) is 122 cm³/mol. The Labute approximate surface area is 188 Å². The zero-order chi connectivity index (χ0) is 22.4. The Balaban J connectivity index is 0.000000628. The van der Waals surface area contributed by atoms with Gasteiger partial charge in [-0.15, -0.1) is 10.2 Å². The van der Waals surface area contributed by atoms with Gasteiger partial charge in [0.25, 0.3) is 5.97 Å². The van der Waals surface area contributed by atoms with Crippen LogP contribution in [0.5, 0.6) is 0 Å². The Kier molecular flexibility index (Phi) is 8.28. The summed E-state index contributed by atoms with van der Waals surface area (Å²) < 4.78 is 0. The smallest absolute Gasteiger partial charge is 0.300 e. The van der Waals surface area contributed by atoms with Gasteiger partial charge in [0, 0.05) is 43.7 Å². The number of nitrogens with two attached hydrogens (primary N) is 1. The van der Waals surface area contributed by atoms with Crippen molar-refractivity contribution >= 4 is 29.2 Å². The molecular weight excluding hydrogens is 418 g/mol. The molecule has 170 valence electrons. The zero-order valence-electron chi connectivity index (χ0n) is 18.0. The third-order valence-electron chi connectivity index (χ3n) is 6.04. The Morgan fingerprint density at radius 3 is 2.39 bits per heavy atom. The van der Waals surface area contributed by atoms with E-state index in [1.54, 1.807) is 0 Å². The van der Waals surface area contributed by atoms with E-state index in [1.165, 1.54) is 5.56 Å². The lowest BCUT2D eigenvalue weighted by atomic mass is 9.90. The van der Waals surface area contributed by atoms with Crippen molar-refractivity contribution in [2.24, 2.45) is 15.9 Å². The summed E-state index contributed by atoms with van der Waals surface area (Å²) in [5.74, 6) is 0.775. The van der Waals surface area contributed by atoms with E-state index in [-0.39, 0.29) is 6.10 Å². The van der Waals surface area contributed by atoms with Gasteiger partial charge >= 0.3 is 0 Å². The van der Waals surface area contributed by atoms with E-state index in [0.717, 1.165) is 69.5 Å². The van der Waals surface area contributed by atoms with Crippen LogP contribution in [0.2, 0.25) is 5.02 Å². The quantitative estimate of drug-likeness (QED) is 0.652. The maximum absolute atomic E-state index is 10.3. The first-order chi connectivity index (χ1) is 14.8. The van der Waals surface area contributed by atoms with Crippen LogP contribution in [-0.4, -0.2) is 75.5 Å². The molecule has 0 radical (unpaired) electrons. The predicted octanol–water partition coefficient (Wildman–Crippen LogP) is 2.34. The SMILES string of the molecule is CC(=O)O.NC1=NN=C(N2CCC(N3C[C@H](O)CC[C@@H]3Cc3ccc(Cl)cc3)CC2)C1. The van der Waals surface area contributed by atoms with Crippen LogP contribution < -0.4 is 5.73 Å². The fraction of sp³-hybridized carbons (Fsp3) is 0.591. The first kappa shape index (κ1) is 23.5. The van der Waals surface area contributed by atoms with E-state index in [2.05, 4.69) is 32.1 Å². The summed E-state index contributed by atoms with van der Waals surface area (Å²) in [5, 5.41) is 26.6. The summed E-state index contributed by atoms with van der Waals surface area (Å²) in [5.41, 5.74) is 7.07. The molecule has 0 saturated carbocycles. The molecule has 2 atom stereocenters. The van der Waals surface area contributed by atoms with Gasteiger partial charge < -0.3 is 20.8 Å². The number of rotatable bonds is 3. The molecule has 9 heteroatoms. The standard InChI is InChI=1S/C20H28ClN5O.C2H4O2/c21-15-3-1-14(2-4-15)11-17-5-6-18(27)13-26(17)16-7-9-25(10-8-16)20-12-19(22)23-24-20;1-2(3)4/h1-4,16-18,27H,5-13H2,(H2,22,23);1H3,(H,3,4)/t17-,18-;/m1./s1. The van der Waals surface area contributed by atoms with Crippen molar-refractivity contribution in [1.29, 1.82) is 0 Å². The highest BCUT2D eigenvalue weighted by Crippen LogP contribution is 2.28. The number of hydrogen-bond acceptors (Lipinski definition) is 7. The topological polar surface area (TPSA) is 115 Å². The fourth-order valence-electron chi connectivity index (χ4n) is 4.58. The van der Waals surface area contributed by atoms with Crippen molar-refractivity contribution in [3.63, 3.8) is 0 Å². The lowest BCUT2D eigenvalue weighted by Crippen LogP contribution is -2.55. The van der Waals surface area contributed by atoms with E-state index < -0.39 is 5.97 Å². The number of benzene rings is 1. The number of aliphatic carboxylic acids is 1. The minimum Gasteiger partial charge on any atom is -0.481 e. The van der Waals surface area contributed by atoms with Gasteiger partial charge in [0.05, 0.1) is 12.5 Å². The summed E-state index contributed by atoms with van der Waals surface area (Å²) in [6.45, 7) is 3.82. The van der Waals surface area contributed by atoms with Gasteiger partial charge in [-0.25, -0.2) is 0 Å². The van der Waals surface area contributed by atoms with Crippen LogP contribution in [0, 0.1) is 0 Å². The number of amidine groups is 2. The van der Waals surface area contributed by atoms with Crippen LogP contribution in [0.25, 0.3) is 0 Å². The molecule has 31 heavy (non-hydrogen) atoms. The van der Waals surface area contributed by atoms with Gasteiger partial charge in [0.1, 0.15) is 11.7 Å². The van der Waals surface area contributed by atoms with Crippen LogP contribution in [-0.2, 0) is 11.2 Å². The van der Waals surface area contributed by atoms with Crippen molar-refractivity contribution in [3.8, 4) is 0 Å². The van der Waals surface area contributed by atoms with Gasteiger partial charge in [-0.3, -0.25) is 9.69 Å². The second-order valence-electron chi connectivity index (χ2n) is 8.43. The number of aliphatic hydroxyl groups excluding tert-OH is 1. The molecule has 4 rings (SSSR count). The zero-order valence-corrected chi connectivity index (χ0v) is 18.7. The molecule has 3 aliphatic heterocycles. The number of likely N-dealkylation sites (tertiary alicyclic amines) is 2. The molecule has 2 saturated heterocycles. The number of carboxylic acid groups (broad SMARTS) is 1. The molecule has 0 spiro atoms. The highest BCUT2D eigenvalue weighted by molar-refractivity contribution is 6.30. The minimum absolute atomic E-state index is 0.211. The lowest BCUT2D eigenvalue weighted by Gasteiger charge is -2.46. The number of hydrogen-bond donors (Lipinski definition) is 3. The highest BCUT2D eigenvalue weighted by atomic mass is 35.5. The second-order valence-corrected chi connectivity index (χ2v) is 8.87. The molecule has 1 aromatic carbocycles. The maximum atomic E-state index is 10.3. The second kappa shape index (κ2) is 10.9. The molecule has 3 aliphatic rings. The van der Waals surface area contributed by atoms with Crippen LogP contribution >= 0.6 is 11.6 Å². The van der Waals surface area contributed by atoms with E-state index >= 15 is 0 Å². The van der Waals surface area contributed by atoms with E-state index in [9.17, 15) is 5.11 Å². The van der Waals surface area contributed by atoms with Gasteiger partial charge in [0.15, 0.2) is 0 Å². The molecule has 0 amide bonds. The number of aliphatic hydroxyl groups is 1.